The van der Waals surface area contributed by atoms with Gasteiger partial charge >= 0.3 is 0 Å². The molecule has 0 saturated heterocycles. The van der Waals surface area contributed by atoms with Gasteiger partial charge in [-0.25, -0.2) is 0 Å². The van der Waals surface area contributed by atoms with E-state index in [1.165, 1.54) is 0 Å². The summed E-state index contributed by atoms with van der Waals surface area (Å²) < 4.78 is 10.6. The molecule has 2 aromatic carbocycles. The van der Waals surface area contributed by atoms with Crippen molar-refractivity contribution < 1.29 is 19.1 Å². The average molecular weight is 414 g/mol. The summed E-state index contributed by atoms with van der Waals surface area (Å²) in [5, 5.41) is 5.43. The quantitative estimate of drug-likeness (QED) is 0.661. The fraction of sp³-hybridized carbons (Fsp3) is 0.391. The summed E-state index contributed by atoms with van der Waals surface area (Å²) in [6.45, 7) is 6.63. The van der Waals surface area contributed by atoms with E-state index in [0.717, 1.165) is 28.0 Å². The van der Waals surface area contributed by atoms with Crippen molar-refractivity contribution in [3.05, 3.63) is 52.6 Å². The molecule has 2 N–H and O–H groups in total. The lowest BCUT2D eigenvalue weighted by molar-refractivity contribution is -0.124. The van der Waals surface area contributed by atoms with Gasteiger partial charge in [-0.15, -0.1) is 0 Å². The largest absolute Gasteiger partial charge is 0.496 e. The number of hydrogen-bond donors (Lipinski definition) is 2. The first kappa shape index (κ1) is 23.2. The van der Waals surface area contributed by atoms with E-state index in [9.17, 15) is 9.59 Å². The SMILES string of the molecule is COc1ccc(C)cc1NC(=O)CNC(=O)CN(C)Cc1cc(C)c(OC)c(C)c1. The number of likely N-dealkylation sites (N-methyl/N-ethyl adjacent to an activating group) is 1. The van der Waals surface area contributed by atoms with Gasteiger partial charge in [0, 0.05) is 6.54 Å². The second kappa shape index (κ2) is 10.6. The van der Waals surface area contributed by atoms with Crippen LogP contribution < -0.4 is 20.1 Å². The van der Waals surface area contributed by atoms with Crippen LogP contribution in [0.15, 0.2) is 30.3 Å². The zero-order valence-electron chi connectivity index (χ0n) is 18.6. The maximum absolute atomic E-state index is 12.2. The van der Waals surface area contributed by atoms with E-state index in [-0.39, 0.29) is 24.9 Å². The minimum Gasteiger partial charge on any atom is -0.496 e. The Morgan fingerprint density at radius 3 is 2.23 bits per heavy atom. The van der Waals surface area contributed by atoms with Crippen molar-refractivity contribution in [2.45, 2.75) is 27.3 Å². The lowest BCUT2D eigenvalue weighted by atomic mass is 10.1. The van der Waals surface area contributed by atoms with Crippen molar-refractivity contribution in [2.75, 3.05) is 39.7 Å². The monoisotopic (exact) mass is 413 g/mol. The molecule has 2 rings (SSSR count). The number of carbonyl (C=O) groups is 2. The fourth-order valence-electron chi connectivity index (χ4n) is 3.41. The molecule has 30 heavy (non-hydrogen) atoms. The zero-order chi connectivity index (χ0) is 22.3. The molecule has 0 radical (unpaired) electrons. The second-order valence-electron chi connectivity index (χ2n) is 7.46. The Balaban J connectivity index is 1.84. The second-order valence-corrected chi connectivity index (χ2v) is 7.46. The third kappa shape index (κ3) is 6.49. The predicted octanol–water partition coefficient (Wildman–Crippen LogP) is 2.82. The highest BCUT2D eigenvalue weighted by atomic mass is 16.5. The number of benzene rings is 2. The Bertz CT molecular complexity index is 888. The van der Waals surface area contributed by atoms with Crippen molar-refractivity contribution in [2.24, 2.45) is 0 Å². The number of nitrogens with zero attached hydrogens (tertiary/aromatic N) is 1. The van der Waals surface area contributed by atoms with E-state index in [4.69, 9.17) is 9.47 Å². The molecule has 0 aliphatic heterocycles. The molecule has 0 atom stereocenters. The van der Waals surface area contributed by atoms with Crippen LogP contribution in [-0.4, -0.2) is 51.1 Å². The minimum absolute atomic E-state index is 0.107. The van der Waals surface area contributed by atoms with Gasteiger partial charge < -0.3 is 20.1 Å². The molecule has 7 heteroatoms. The summed E-state index contributed by atoms with van der Waals surface area (Å²) in [5.74, 6) is 0.933. The number of aryl methyl sites for hydroxylation is 3. The Labute approximate surface area is 178 Å². The van der Waals surface area contributed by atoms with Crippen molar-refractivity contribution in [1.82, 2.24) is 10.2 Å². The number of carbonyl (C=O) groups excluding carboxylic acids is 2. The smallest absolute Gasteiger partial charge is 0.243 e. The molecule has 2 aromatic rings. The standard InChI is InChI=1S/C23H31N3O4/c1-15-7-8-20(29-5)19(9-15)25-21(27)12-24-22(28)14-26(4)13-18-10-16(2)23(30-6)17(3)11-18/h7-11H,12-14H2,1-6H3,(H,24,28)(H,25,27). The van der Waals surface area contributed by atoms with Gasteiger partial charge in [0.2, 0.25) is 11.8 Å². The Hall–Kier alpha value is -3.06. The summed E-state index contributed by atoms with van der Waals surface area (Å²) in [4.78, 5) is 26.3. The number of nitrogens with one attached hydrogen (secondary N) is 2. The number of methoxy groups -OCH3 is 2. The van der Waals surface area contributed by atoms with Gasteiger partial charge in [-0.1, -0.05) is 18.2 Å². The van der Waals surface area contributed by atoms with Gasteiger partial charge in [-0.2, -0.15) is 0 Å². The molecule has 0 bridgehead atoms. The molecule has 162 valence electrons. The third-order valence-corrected chi connectivity index (χ3v) is 4.67. The average Bonchev–Trinajstić information content (AvgIpc) is 2.66. The molecule has 0 fully saturated rings. The van der Waals surface area contributed by atoms with Gasteiger partial charge in [0.1, 0.15) is 11.5 Å². The summed E-state index contributed by atoms with van der Waals surface area (Å²) >= 11 is 0. The van der Waals surface area contributed by atoms with Crippen LogP contribution in [-0.2, 0) is 16.1 Å². The maximum Gasteiger partial charge on any atom is 0.243 e. The Morgan fingerprint density at radius 2 is 1.63 bits per heavy atom. The topological polar surface area (TPSA) is 79.9 Å². The summed E-state index contributed by atoms with van der Waals surface area (Å²) in [5.41, 5.74) is 4.81. The van der Waals surface area contributed by atoms with E-state index in [1.807, 2.05) is 44.9 Å². The first-order valence-corrected chi connectivity index (χ1v) is 9.77. The van der Waals surface area contributed by atoms with Crippen LogP contribution >= 0.6 is 0 Å². The molecular weight excluding hydrogens is 382 g/mol. The van der Waals surface area contributed by atoms with E-state index >= 15 is 0 Å². The minimum atomic E-state index is -0.309. The maximum atomic E-state index is 12.2. The van der Waals surface area contributed by atoms with Crippen molar-refractivity contribution >= 4 is 17.5 Å². The highest BCUT2D eigenvalue weighted by Gasteiger charge is 2.12. The summed E-state index contributed by atoms with van der Waals surface area (Å²) in [7, 11) is 5.08. The lowest BCUT2D eigenvalue weighted by Crippen LogP contribution is -2.39. The Morgan fingerprint density at radius 1 is 0.967 bits per heavy atom. The first-order valence-electron chi connectivity index (χ1n) is 9.77. The molecule has 0 spiro atoms. The van der Waals surface area contributed by atoms with Crippen LogP contribution in [0.1, 0.15) is 22.3 Å². The lowest BCUT2D eigenvalue weighted by Gasteiger charge is -2.18. The third-order valence-electron chi connectivity index (χ3n) is 4.67. The van der Waals surface area contributed by atoms with Gasteiger partial charge in [0.25, 0.3) is 0 Å². The highest BCUT2D eigenvalue weighted by molar-refractivity contribution is 5.96. The van der Waals surface area contributed by atoms with Crippen molar-refractivity contribution in [3.63, 3.8) is 0 Å². The van der Waals surface area contributed by atoms with Crippen molar-refractivity contribution in [1.29, 1.82) is 0 Å². The van der Waals surface area contributed by atoms with Gasteiger partial charge in [0.15, 0.2) is 0 Å². The number of rotatable bonds is 9. The molecule has 2 amide bonds. The van der Waals surface area contributed by atoms with E-state index in [1.54, 1.807) is 20.3 Å². The molecule has 7 nitrogen and oxygen atoms in total. The number of anilines is 1. The number of amides is 2. The molecule has 0 aliphatic rings. The van der Waals surface area contributed by atoms with Gasteiger partial charge in [-0.05, 0) is 62.2 Å². The fourth-order valence-corrected chi connectivity index (χ4v) is 3.41. The molecule has 0 unspecified atom stereocenters. The zero-order valence-corrected chi connectivity index (χ0v) is 18.6. The van der Waals surface area contributed by atoms with Crippen molar-refractivity contribution in [3.8, 4) is 11.5 Å². The highest BCUT2D eigenvalue weighted by Crippen LogP contribution is 2.25. The summed E-state index contributed by atoms with van der Waals surface area (Å²) in [6.07, 6.45) is 0. The first-order chi connectivity index (χ1) is 14.2. The van der Waals surface area contributed by atoms with Gasteiger partial charge in [-0.3, -0.25) is 14.5 Å². The summed E-state index contributed by atoms with van der Waals surface area (Å²) in [6, 6.07) is 9.63. The molecular formula is C23H31N3O4. The van der Waals surface area contributed by atoms with E-state index in [2.05, 4.69) is 22.8 Å². The van der Waals surface area contributed by atoms with Crippen LogP contribution in [0.25, 0.3) is 0 Å². The normalized spacial score (nSPS) is 10.6. The molecule has 0 aromatic heterocycles. The molecule has 0 saturated carbocycles. The van der Waals surface area contributed by atoms with Crippen LogP contribution in [0, 0.1) is 20.8 Å². The van der Waals surface area contributed by atoms with Crippen LogP contribution in [0.5, 0.6) is 11.5 Å². The van der Waals surface area contributed by atoms with E-state index < -0.39 is 0 Å². The van der Waals surface area contributed by atoms with Crippen LogP contribution in [0.3, 0.4) is 0 Å². The van der Waals surface area contributed by atoms with Crippen LogP contribution in [0.2, 0.25) is 0 Å². The molecule has 0 heterocycles. The predicted molar refractivity (Wildman–Crippen MR) is 118 cm³/mol. The number of ether oxygens (including phenoxy) is 2. The van der Waals surface area contributed by atoms with E-state index in [0.29, 0.717) is 18.0 Å². The van der Waals surface area contributed by atoms with Gasteiger partial charge in [0.05, 0.1) is 33.0 Å². The Kier molecular flexibility index (Phi) is 8.24. The van der Waals surface area contributed by atoms with Crippen LogP contribution in [0.4, 0.5) is 5.69 Å². The number of hydrogen-bond acceptors (Lipinski definition) is 5. The molecule has 0 aliphatic carbocycles.